The number of benzene rings is 4. The molecule has 0 saturated heterocycles. The van der Waals surface area contributed by atoms with Crippen molar-refractivity contribution in [3.8, 4) is 34.5 Å². The molecule has 5 N–H and O–H groups in total. The Kier molecular flexibility index (Phi) is 4.44. The van der Waals surface area contributed by atoms with E-state index in [0.29, 0.717) is 33.6 Å². The molecule has 7 heteroatoms. The van der Waals surface area contributed by atoms with Crippen LogP contribution in [0.3, 0.4) is 0 Å². The van der Waals surface area contributed by atoms with Gasteiger partial charge in [-0.1, -0.05) is 24.3 Å². The van der Waals surface area contributed by atoms with E-state index in [0.717, 1.165) is 0 Å². The minimum Gasteiger partial charge on any atom is -0.508 e. The zero-order valence-corrected chi connectivity index (χ0v) is 18.2. The molecule has 0 aromatic heterocycles. The molecule has 4 aromatic carbocycles. The Morgan fingerprint density at radius 2 is 1.23 bits per heavy atom. The molecule has 0 spiro atoms. The fourth-order valence-electron chi connectivity index (χ4n) is 5.32. The molecule has 174 valence electrons. The van der Waals surface area contributed by atoms with Crippen molar-refractivity contribution in [2.24, 2.45) is 0 Å². The Morgan fingerprint density at radius 1 is 0.629 bits per heavy atom. The second kappa shape index (κ2) is 7.43. The van der Waals surface area contributed by atoms with Crippen LogP contribution in [0.25, 0.3) is 0 Å². The van der Waals surface area contributed by atoms with Crippen molar-refractivity contribution in [3.63, 3.8) is 0 Å². The fourth-order valence-corrected chi connectivity index (χ4v) is 5.32. The van der Waals surface area contributed by atoms with Crippen LogP contribution in [0.15, 0.2) is 72.8 Å². The minimum atomic E-state index is -0.955. The first-order valence-corrected chi connectivity index (χ1v) is 11.0. The molecule has 0 amide bonds. The number of Topliss-reactive ketones (excluding diaryl/α,β-unsaturated/α-hetero) is 1. The number of rotatable bonds is 2. The number of hydrogen-bond acceptors (Lipinski definition) is 7. The predicted octanol–water partition coefficient (Wildman–Crippen LogP) is 4.81. The van der Waals surface area contributed by atoms with Gasteiger partial charge in [0.25, 0.3) is 0 Å². The van der Waals surface area contributed by atoms with Gasteiger partial charge in [0.1, 0.15) is 40.6 Å². The summed E-state index contributed by atoms with van der Waals surface area (Å²) in [4.78, 5) is 14.1. The van der Waals surface area contributed by atoms with Gasteiger partial charge in [0.15, 0.2) is 5.78 Å². The van der Waals surface area contributed by atoms with E-state index >= 15 is 0 Å². The van der Waals surface area contributed by atoms with E-state index in [9.17, 15) is 30.3 Å². The molecule has 0 fully saturated rings. The number of carbonyl (C=O) groups is 1. The lowest BCUT2D eigenvalue weighted by atomic mass is 9.80. The maximum atomic E-state index is 14.1. The van der Waals surface area contributed by atoms with Crippen molar-refractivity contribution < 1.29 is 35.1 Å². The number of ether oxygens (including phenoxy) is 1. The molecule has 35 heavy (non-hydrogen) atoms. The standard InChI is InChI=1S/C28H20O7/c29-15-5-1-13(2-6-15)23-24-19(9-17(31)11-21(24)33)26-25-20(27(23)34)10-18(32)12-22(25)35-28(26)14-3-7-16(30)8-4-14/h1-12,23,26,28-33H/t23-,26-,28-/m1/s1. The molecule has 2 aliphatic rings. The largest absolute Gasteiger partial charge is 0.508 e. The number of carbonyl (C=O) groups excluding carboxylic acids is 1. The van der Waals surface area contributed by atoms with Gasteiger partial charge in [-0.15, -0.1) is 0 Å². The molecule has 0 saturated carbocycles. The molecule has 1 aliphatic carbocycles. The van der Waals surface area contributed by atoms with Crippen molar-refractivity contribution in [3.05, 3.63) is 106 Å². The highest BCUT2D eigenvalue weighted by Gasteiger charge is 2.47. The van der Waals surface area contributed by atoms with Crippen LogP contribution in [-0.2, 0) is 0 Å². The Morgan fingerprint density at radius 3 is 1.89 bits per heavy atom. The zero-order valence-electron chi connectivity index (χ0n) is 18.2. The smallest absolute Gasteiger partial charge is 0.175 e. The van der Waals surface area contributed by atoms with Crippen LogP contribution in [0, 0.1) is 0 Å². The number of fused-ring (bicyclic) bond motifs is 2. The maximum Gasteiger partial charge on any atom is 0.175 e. The van der Waals surface area contributed by atoms with Gasteiger partial charge in [0.2, 0.25) is 0 Å². The van der Waals surface area contributed by atoms with E-state index in [2.05, 4.69) is 0 Å². The highest BCUT2D eigenvalue weighted by Crippen LogP contribution is 2.58. The number of aromatic hydroxyl groups is 5. The molecule has 3 atom stereocenters. The van der Waals surface area contributed by atoms with Crippen molar-refractivity contribution in [1.82, 2.24) is 0 Å². The Bertz CT molecular complexity index is 1490. The second-order valence-corrected chi connectivity index (χ2v) is 8.87. The lowest BCUT2D eigenvalue weighted by molar-refractivity contribution is 0.0972. The fraction of sp³-hybridized carbons (Fsp3) is 0.107. The number of phenolic OH excluding ortho intramolecular Hbond substituents is 5. The van der Waals surface area contributed by atoms with Gasteiger partial charge in [0, 0.05) is 28.8 Å². The van der Waals surface area contributed by atoms with E-state index in [1.807, 2.05) is 0 Å². The number of hydrogen-bond donors (Lipinski definition) is 5. The lowest BCUT2D eigenvalue weighted by Gasteiger charge is -2.24. The Labute approximate surface area is 199 Å². The molecule has 4 aromatic rings. The van der Waals surface area contributed by atoms with Crippen molar-refractivity contribution in [1.29, 1.82) is 0 Å². The quantitative estimate of drug-likeness (QED) is 0.286. The summed E-state index contributed by atoms with van der Waals surface area (Å²) >= 11 is 0. The van der Waals surface area contributed by atoms with Crippen molar-refractivity contribution in [2.75, 3.05) is 0 Å². The summed E-state index contributed by atoms with van der Waals surface area (Å²) in [5.74, 6) is -2.02. The van der Waals surface area contributed by atoms with Crippen molar-refractivity contribution >= 4 is 5.78 Å². The highest BCUT2D eigenvalue weighted by atomic mass is 16.5. The molecule has 1 aliphatic heterocycles. The van der Waals surface area contributed by atoms with Crippen molar-refractivity contribution in [2.45, 2.75) is 17.9 Å². The highest BCUT2D eigenvalue weighted by molar-refractivity contribution is 6.07. The molecular formula is C28H20O7. The van der Waals surface area contributed by atoms with Crippen LogP contribution in [0.2, 0.25) is 0 Å². The van der Waals surface area contributed by atoms with Crippen LogP contribution in [0.1, 0.15) is 56.1 Å². The van der Waals surface area contributed by atoms with Crippen LogP contribution >= 0.6 is 0 Å². The van der Waals surface area contributed by atoms with Crippen LogP contribution in [0.4, 0.5) is 0 Å². The zero-order chi connectivity index (χ0) is 24.4. The topological polar surface area (TPSA) is 127 Å². The first-order valence-electron chi connectivity index (χ1n) is 11.0. The van der Waals surface area contributed by atoms with E-state index in [1.54, 1.807) is 24.3 Å². The summed E-state index contributed by atoms with van der Waals surface area (Å²) < 4.78 is 6.25. The number of phenols is 5. The maximum absolute atomic E-state index is 14.1. The third kappa shape index (κ3) is 3.16. The first kappa shape index (κ1) is 20.9. The predicted molar refractivity (Wildman–Crippen MR) is 125 cm³/mol. The molecule has 7 nitrogen and oxygen atoms in total. The van der Waals surface area contributed by atoms with Gasteiger partial charge < -0.3 is 30.3 Å². The summed E-state index contributed by atoms with van der Waals surface area (Å²) in [7, 11) is 0. The summed E-state index contributed by atoms with van der Waals surface area (Å²) in [5, 5.41) is 51.5. The van der Waals surface area contributed by atoms with Gasteiger partial charge in [-0.25, -0.2) is 0 Å². The number of ketones is 1. The monoisotopic (exact) mass is 468 g/mol. The average Bonchev–Trinajstić information content (AvgIpc) is 3.15. The van der Waals surface area contributed by atoms with Crippen LogP contribution < -0.4 is 4.74 Å². The molecule has 6 rings (SSSR count). The van der Waals surface area contributed by atoms with Gasteiger partial charge in [-0.05, 0) is 53.1 Å². The SMILES string of the molecule is O=C1c2cc(O)cc3c2[C@@H](c2cc(O)cc(O)c2[C@H]1c1ccc(O)cc1)[C@@H](c1ccc(O)cc1)O3. The van der Waals surface area contributed by atoms with E-state index in [1.165, 1.54) is 48.5 Å². The third-order valence-electron chi connectivity index (χ3n) is 6.77. The van der Waals surface area contributed by atoms with Gasteiger partial charge in [-0.3, -0.25) is 4.79 Å². The first-order chi connectivity index (χ1) is 16.8. The van der Waals surface area contributed by atoms with Gasteiger partial charge in [0.05, 0.1) is 11.8 Å². The Balaban J connectivity index is 1.68. The van der Waals surface area contributed by atoms with E-state index < -0.39 is 17.9 Å². The van der Waals surface area contributed by atoms with Crippen LogP contribution in [-0.4, -0.2) is 31.3 Å². The molecule has 1 heterocycles. The van der Waals surface area contributed by atoms with Gasteiger partial charge >= 0.3 is 0 Å². The minimum absolute atomic E-state index is 0.0325. The van der Waals surface area contributed by atoms with Gasteiger partial charge in [-0.2, -0.15) is 0 Å². The summed E-state index contributed by atoms with van der Waals surface area (Å²) in [6.07, 6.45) is -0.655. The molecule has 0 radical (unpaired) electrons. The lowest BCUT2D eigenvalue weighted by Crippen LogP contribution is -2.16. The molecule has 0 bridgehead atoms. The molecular weight excluding hydrogens is 448 g/mol. The second-order valence-electron chi connectivity index (χ2n) is 8.87. The third-order valence-corrected chi connectivity index (χ3v) is 6.77. The molecule has 0 unspecified atom stereocenters. The summed E-state index contributed by atoms with van der Waals surface area (Å²) in [6, 6.07) is 18.2. The summed E-state index contributed by atoms with van der Waals surface area (Å²) in [5.41, 5.74) is 2.88. The normalized spacial score (nSPS) is 20.0. The average molecular weight is 468 g/mol. The Hall–Kier alpha value is -4.65. The summed E-state index contributed by atoms with van der Waals surface area (Å²) in [6.45, 7) is 0. The van der Waals surface area contributed by atoms with E-state index in [4.69, 9.17) is 4.74 Å². The van der Waals surface area contributed by atoms with E-state index in [-0.39, 0.29) is 40.1 Å². The van der Waals surface area contributed by atoms with Crippen LogP contribution in [0.5, 0.6) is 34.5 Å².